The summed E-state index contributed by atoms with van der Waals surface area (Å²) in [6.45, 7) is 4.33. The maximum absolute atomic E-state index is 4.40. The first-order valence-electron chi connectivity index (χ1n) is 6.27. The molecule has 0 radical (unpaired) electrons. The van der Waals surface area contributed by atoms with Crippen molar-refractivity contribution in [1.29, 1.82) is 0 Å². The minimum Gasteiger partial charge on any atom is -0.263 e. The zero-order chi connectivity index (χ0) is 10.9. The molecular formula is C12H23N3. The Bertz CT molecular complexity index is 255. The first kappa shape index (κ1) is 12.2. The van der Waals surface area contributed by atoms with Gasteiger partial charge >= 0.3 is 0 Å². The van der Waals surface area contributed by atoms with Crippen molar-refractivity contribution >= 4 is 0 Å². The largest absolute Gasteiger partial charge is 0.263 e. The van der Waals surface area contributed by atoms with Crippen molar-refractivity contribution in [2.75, 3.05) is 0 Å². The lowest BCUT2D eigenvalue weighted by molar-refractivity contribution is 0.601. The lowest BCUT2D eigenvalue weighted by Gasteiger charge is -1.98. The summed E-state index contributed by atoms with van der Waals surface area (Å²) < 4.78 is 0. The first-order valence-corrected chi connectivity index (χ1v) is 6.27. The molecule has 0 fully saturated rings. The minimum atomic E-state index is 0.924. The Labute approximate surface area is 92.7 Å². The number of nitrogens with zero attached hydrogens (tertiary/aromatic N) is 2. The first-order chi connectivity index (χ1) is 7.36. The molecule has 0 aromatic carbocycles. The van der Waals surface area contributed by atoms with Gasteiger partial charge in [-0.1, -0.05) is 46.0 Å². The third-order valence-corrected chi connectivity index (χ3v) is 2.66. The molecule has 0 spiro atoms. The lowest BCUT2D eigenvalue weighted by Crippen LogP contribution is -1.89. The van der Waals surface area contributed by atoms with Crippen LogP contribution in [0.3, 0.4) is 0 Å². The van der Waals surface area contributed by atoms with E-state index < -0.39 is 0 Å². The van der Waals surface area contributed by atoms with Gasteiger partial charge in [-0.15, -0.1) is 0 Å². The van der Waals surface area contributed by atoms with E-state index in [4.69, 9.17) is 0 Å². The Morgan fingerprint density at radius 3 is 2.40 bits per heavy atom. The van der Waals surface area contributed by atoms with Crippen molar-refractivity contribution in [1.82, 2.24) is 15.2 Å². The number of aromatic amines is 1. The van der Waals surface area contributed by atoms with Crippen molar-refractivity contribution in [3.8, 4) is 0 Å². The van der Waals surface area contributed by atoms with Gasteiger partial charge < -0.3 is 0 Å². The molecule has 1 aromatic heterocycles. The topological polar surface area (TPSA) is 41.6 Å². The molecule has 1 N–H and O–H groups in total. The molecule has 0 unspecified atom stereocenters. The van der Waals surface area contributed by atoms with Crippen LogP contribution < -0.4 is 0 Å². The van der Waals surface area contributed by atoms with E-state index in [0.29, 0.717) is 0 Å². The van der Waals surface area contributed by atoms with Crippen molar-refractivity contribution < 1.29 is 0 Å². The number of aryl methyl sites for hydroxylation is 2. The van der Waals surface area contributed by atoms with E-state index in [1.165, 1.54) is 38.5 Å². The smallest absolute Gasteiger partial charge is 0.150 e. The van der Waals surface area contributed by atoms with Crippen LogP contribution in [0, 0.1) is 0 Å². The third kappa shape index (κ3) is 4.96. The number of hydrogen-bond acceptors (Lipinski definition) is 2. The van der Waals surface area contributed by atoms with Crippen molar-refractivity contribution in [3.63, 3.8) is 0 Å². The molecule has 3 nitrogen and oxygen atoms in total. The molecule has 0 amide bonds. The van der Waals surface area contributed by atoms with Crippen LogP contribution in [0.2, 0.25) is 0 Å². The number of unbranched alkanes of at least 4 members (excludes halogenated alkanes) is 5. The molecule has 86 valence electrons. The van der Waals surface area contributed by atoms with Gasteiger partial charge in [0.05, 0.1) is 0 Å². The zero-order valence-corrected chi connectivity index (χ0v) is 10.1. The van der Waals surface area contributed by atoms with Gasteiger partial charge in [0.15, 0.2) is 0 Å². The Balaban J connectivity index is 2.04. The van der Waals surface area contributed by atoms with E-state index in [0.717, 1.165) is 24.5 Å². The summed E-state index contributed by atoms with van der Waals surface area (Å²) in [5.41, 5.74) is 0. The highest BCUT2D eigenvalue weighted by molar-refractivity contribution is 4.89. The van der Waals surface area contributed by atoms with Gasteiger partial charge in [-0.2, -0.15) is 5.10 Å². The van der Waals surface area contributed by atoms with Gasteiger partial charge in [0.1, 0.15) is 11.6 Å². The van der Waals surface area contributed by atoms with Gasteiger partial charge in [-0.3, -0.25) is 5.10 Å². The molecule has 1 rings (SSSR count). The minimum absolute atomic E-state index is 0.924. The van der Waals surface area contributed by atoms with E-state index in [2.05, 4.69) is 29.0 Å². The highest BCUT2D eigenvalue weighted by Crippen LogP contribution is 2.07. The number of H-pyrrole nitrogens is 1. The predicted molar refractivity (Wildman–Crippen MR) is 62.8 cm³/mol. The molecule has 1 aromatic rings. The second kappa shape index (κ2) is 7.43. The SMILES string of the molecule is CCCCCCCCc1nc(CC)n[nH]1. The summed E-state index contributed by atoms with van der Waals surface area (Å²) in [4.78, 5) is 4.40. The molecule has 0 aliphatic carbocycles. The summed E-state index contributed by atoms with van der Waals surface area (Å²) in [7, 11) is 0. The Morgan fingerprint density at radius 1 is 1.00 bits per heavy atom. The van der Waals surface area contributed by atoms with Gasteiger partial charge in [-0.05, 0) is 6.42 Å². The molecule has 0 aliphatic heterocycles. The monoisotopic (exact) mass is 209 g/mol. The van der Waals surface area contributed by atoms with Crippen LogP contribution in [0.4, 0.5) is 0 Å². The van der Waals surface area contributed by atoms with E-state index in [-0.39, 0.29) is 0 Å². The van der Waals surface area contributed by atoms with Crippen LogP contribution in [0.5, 0.6) is 0 Å². The van der Waals surface area contributed by atoms with Gasteiger partial charge in [0.2, 0.25) is 0 Å². The summed E-state index contributed by atoms with van der Waals surface area (Å²) in [6, 6.07) is 0. The molecule has 3 heteroatoms. The fourth-order valence-corrected chi connectivity index (χ4v) is 1.68. The van der Waals surface area contributed by atoms with Crippen molar-refractivity contribution in [2.24, 2.45) is 0 Å². The number of nitrogens with one attached hydrogen (secondary N) is 1. The van der Waals surface area contributed by atoms with Gasteiger partial charge in [0, 0.05) is 12.8 Å². The summed E-state index contributed by atoms with van der Waals surface area (Å²) >= 11 is 0. The predicted octanol–water partition coefficient (Wildman–Crippen LogP) is 3.27. The van der Waals surface area contributed by atoms with Crippen LogP contribution >= 0.6 is 0 Å². The number of rotatable bonds is 8. The van der Waals surface area contributed by atoms with E-state index in [9.17, 15) is 0 Å². The Hall–Kier alpha value is -0.860. The maximum atomic E-state index is 4.40. The summed E-state index contributed by atoms with van der Waals surface area (Å²) in [5, 5.41) is 7.12. The fraction of sp³-hybridized carbons (Fsp3) is 0.833. The van der Waals surface area contributed by atoms with Crippen LogP contribution in [-0.4, -0.2) is 15.2 Å². The highest BCUT2D eigenvalue weighted by atomic mass is 15.2. The lowest BCUT2D eigenvalue weighted by atomic mass is 10.1. The highest BCUT2D eigenvalue weighted by Gasteiger charge is 2.00. The Morgan fingerprint density at radius 2 is 1.73 bits per heavy atom. The van der Waals surface area contributed by atoms with Gasteiger partial charge in [-0.25, -0.2) is 4.98 Å². The quantitative estimate of drug-likeness (QED) is 0.668. The second-order valence-electron chi connectivity index (χ2n) is 4.07. The van der Waals surface area contributed by atoms with Crippen LogP contribution in [0.25, 0.3) is 0 Å². The average Bonchev–Trinajstić information content (AvgIpc) is 2.71. The second-order valence-corrected chi connectivity index (χ2v) is 4.07. The summed E-state index contributed by atoms with van der Waals surface area (Å²) in [5.74, 6) is 2.00. The third-order valence-electron chi connectivity index (χ3n) is 2.66. The molecular weight excluding hydrogens is 186 g/mol. The molecule has 0 atom stereocenters. The average molecular weight is 209 g/mol. The Kier molecular flexibility index (Phi) is 6.05. The number of hydrogen-bond donors (Lipinski definition) is 1. The molecule has 0 bridgehead atoms. The van der Waals surface area contributed by atoms with E-state index >= 15 is 0 Å². The van der Waals surface area contributed by atoms with Gasteiger partial charge in [0.25, 0.3) is 0 Å². The van der Waals surface area contributed by atoms with Crippen LogP contribution in [0.1, 0.15) is 64.0 Å². The van der Waals surface area contributed by atoms with Crippen molar-refractivity contribution in [3.05, 3.63) is 11.6 Å². The van der Waals surface area contributed by atoms with Crippen LogP contribution in [-0.2, 0) is 12.8 Å². The standard InChI is InChI=1S/C12H23N3/c1-3-5-6-7-8-9-10-12-13-11(4-2)14-15-12/h3-10H2,1-2H3,(H,13,14,15). The molecule has 0 saturated heterocycles. The molecule has 15 heavy (non-hydrogen) atoms. The maximum Gasteiger partial charge on any atom is 0.150 e. The fourth-order valence-electron chi connectivity index (χ4n) is 1.68. The molecule has 0 saturated carbocycles. The molecule has 0 aliphatic rings. The molecule has 1 heterocycles. The number of aromatic nitrogens is 3. The normalized spacial score (nSPS) is 10.8. The van der Waals surface area contributed by atoms with E-state index in [1.54, 1.807) is 0 Å². The van der Waals surface area contributed by atoms with Crippen molar-refractivity contribution in [2.45, 2.75) is 65.2 Å². The zero-order valence-electron chi connectivity index (χ0n) is 10.1. The van der Waals surface area contributed by atoms with Crippen LogP contribution in [0.15, 0.2) is 0 Å². The van der Waals surface area contributed by atoms with E-state index in [1.807, 2.05) is 0 Å². The summed E-state index contributed by atoms with van der Waals surface area (Å²) in [6.07, 6.45) is 9.98.